The van der Waals surface area contributed by atoms with E-state index in [1.54, 1.807) is 24.3 Å². The van der Waals surface area contributed by atoms with Crippen molar-refractivity contribution in [2.24, 2.45) is 0 Å². The molecule has 1 unspecified atom stereocenters. The number of hydrogen-bond donors (Lipinski definition) is 3. The summed E-state index contributed by atoms with van der Waals surface area (Å²) >= 11 is 5.81. The molecule has 2 amide bonds. The van der Waals surface area contributed by atoms with E-state index in [0.29, 0.717) is 30.3 Å². The predicted molar refractivity (Wildman–Crippen MR) is 84.6 cm³/mol. The lowest BCUT2D eigenvalue weighted by atomic mass is 10.2. The Morgan fingerprint density at radius 2 is 1.86 bits per heavy atom. The lowest BCUT2D eigenvalue weighted by Gasteiger charge is -2.23. The van der Waals surface area contributed by atoms with Crippen molar-refractivity contribution in [3.63, 3.8) is 0 Å². The van der Waals surface area contributed by atoms with Crippen LogP contribution < -0.4 is 15.5 Å². The van der Waals surface area contributed by atoms with Crippen LogP contribution in [0, 0.1) is 0 Å². The second kappa shape index (κ2) is 8.64. The molecular formula is C15H23ClN3O2+. The molecule has 0 spiro atoms. The van der Waals surface area contributed by atoms with Gasteiger partial charge in [-0.25, -0.2) is 0 Å². The molecule has 1 rings (SSSR count). The van der Waals surface area contributed by atoms with E-state index < -0.39 is 0 Å². The Morgan fingerprint density at radius 3 is 2.38 bits per heavy atom. The van der Waals surface area contributed by atoms with Crippen LogP contribution >= 0.6 is 11.6 Å². The Bertz CT molecular complexity index is 476. The molecule has 21 heavy (non-hydrogen) atoms. The summed E-state index contributed by atoms with van der Waals surface area (Å²) in [5.74, 6) is -0.154. The number of halogens is 1. The fraction of sp³-hybridized carbons (Fsp3) is 0.467. The molecule has 3 N–H and O–H groups in total. The third kappa shape index (κ3) is 5.73. The molecule has 2 atom stereocenters. The number of quaternary nitrogens is 1. The highest BCUT2D eigenvalue weighted by Gasteiger charge is 2.25. The van der Waals surface area contributed by atoms with Crippen LogP contribution in [0.4, 0.5) is 5.69 Å². The molecule has 0 fully saturated rings. The number of carbonyl (C=O) groups is 2. The third-order valence-electron chi connectivity index (χ3n) is 3.33. The average molecular weight is 313 g/mol. The van der Waals surface area contributed by atoms with Crippen molar-refractivity contribution >= 4 is 29.1 Å². The summed E-state index contributed by atoms with van der Waals surface area (Å²) in [7, 11) is 0. The van der Waals surface area contributed by atoms with Crippen molar-refractivity contribution < 1.29 is 14.5 Å². The first kappa shape index (κ1) is 17.5. The summed E-state index contributed by atoms with van der Waals surface area (Å²) in [6, 6.07) is 6.64. The maximum Gasteiger partial charge on any atom is 0.282 e. The standard InChI is InChI=1S/C15H22ClN3O2/c1-4-17-14(20)10-19(5-2)11(3)15(21)18-13-8-6-12(16)7-9-13/h6-9,11H,4-5,10H2,1-3H3,(H,17,20)(H,18,21)/p+1/t11-/m0/s1. The van der Waals surface area contributed by atoms with Crippen LogP contribution in [0.3, 0.4) is 0 Å². The monoisotopic (exact) mass is 312 g/mol. The second-order valence-electron chi connectivity index (χ2n) is 4.86. The fourth-order valence-electron chi connectivity index (χ4n) is 2.02. The molecule has 0 saturated heterocycles. The molecule has 0 heterocycles. The summed E-state index contributed by atoms with van der Waals surface area (Å²) in [5.41, 5.74) is 0.699. The number of likely N-dealkylation sites (N-methyl/N-ethyl adjacent to an activating group) is 2. The van der Waals surface area contributed by atoms with Gasteiger partial charge in [-0.3, -0.25) is 9.59 Å². The van der Waals surface area contributed by atoms with Crippen LogP contribution in [0.15, 0.2) is 24.3 Å². The summed E-state index contributed by atoms with van der Waals surface area (Å²) in [6.45, 7) is 7.25. The van der Waals surface area contributed by atoms with E-state index in [0.717, 1.165) is 4.90 Å². The van der Waals surface area contributed by atoms with Crippen LogP contribution in [0.1, 0.15) is 20.8 Å². The number of hydrogen-bond acceptors (Lipinski definition) is 2. The van der Waals surface area contributed by atoms with Crippen LogP contribution in [0.5, 0.6) is 0 Å². The zero-order chi connectivity index (χ0) is 15.8. The van der Waals surface area contributed by atoms with Crippen molar-refractivity contribution in [3.8, 4) is 0 Å². The van der Waals surface area contributed by atoms with Crippen LogP contribution in [0.2, 0.25) is 5.02 Å². The summed E-state index contributed by atoms with van der Waals surface area (Å²) < 4.78 is 0. The smallest absolute Gasteiger partial charge is 0.282 e. The molecular weight excluding hydrogens is 290 g/mol. The normalized spacial score (nSPS) is 13.3. The van der Waals surface area contributed by atoms with Crippen molar-refractivity contribution in [1.29, 1.82) is 0 Å². The van der Waals surface area contributed by atoms with Gasteiger partial charge < -0.3 is 15.5 Å². The highest BCUT2D eigenvalue weighted by Crippen LogP contribution is 2.13. The molecule has 1 aromatic rings. The molecule has 116 valence electrons. The van der Waals surface area contributed by atoms with E-state index >= 15 is 0 Å². The molecule has 0 bridgehead atoms. The van der Waals surface area contributed by atoms with Crippen molar-refractivity contribution in [1.82, 2.24) is 5.32 Å². The minimum absolute atomic E-state index is 0.0412. The highest BCUT2D eigenvalue weighted by molar-refractivity contribution is 6.30. The van der Waals surface area contributed by atoms with Gasteiger partial charge in [0.2, 0.25) is 0 Å². The van der Waals surface area contributed by atoms with Crippen molar-refractivity contribution in [3.05, 3.63) is 29.3 Å². The van der Waals surface area contributed by atoms with Gasteiger partial charge in [-0.05, 0) is 45.0 Å². The van der Waals surface area contributed by atoms with Crippen LogP contribution in [-0.4, -0.2) is 37.5 Å². The zero-order valence-electron chi connectivity index (χ0n) is 12.7. The number of anilines is 1. The SMILES string of the molecule is CCNC(=O)C[NH+](CC)[C@@H](C)C(=O)Nc1ccc(Cl)cc1. The number of benzene rings is 1. The Labute approximate surface area is 130 Å². The van der Waals surface area contributed by atoms with E-state index in [9.17, 15) is 9.59 Å². The zero-order valence-corrected chi connectivity index (χ0v) is 13.5. The van der Waals surface area contributed by atoms with Gasteiger partial charge in [0.25, 0.3) is 11.8 Å². The molecule has 1 aromatic carbocycles. The maximum absolute atomic E-state index is 12.2. The lowest BCUT2D eigenvalue weighted by Crippen LogP contribution is -3.17. The van der Waals surface area contributed by atoms with Crippen molar-refractivity contribution in [2.45, 2.75) is 26.8 Å². The van der Waals surface area contributed by atoms with Crippen LogP contribution in [-0.2, 0) is 9.59 Å². The topological polar surface area (TPSA) is 62.6 Å². The van der Waals surface area contributed by atoms with E-state index in [1.807, 2.05) is 20.8 Å². The number of nitrogens with one attached hydrogen (secondary N) is 3. The van der Waals surface area contributed by atoms with Gasteiger partial charge in [-0.1, -0.05) is 11.6 Å². The fourth-order valence-corrected chi connectivity index (χ4v) is 2.15. The third-order valence-corrected chi connectivity index (χ3v) is 3.59. The van der Waals surface area contributed by atoms with E-state index in [2.05, 4.69) is 10.6 Å². The van der Waals surface area contributed by atoms with Gasteiger partial charge in [0.05, 0.1) is 6.54 Å². The van der Waals surface area contributed by atoms with Gasteiger partial charge in [-0.2, -0.15) is 0 Å². The summed E-state index contributed by atoms with van der Waals surface area (Å²) in [5, 5.41) is 6.22. The minimum Gasteiger partial charge on any atom is -0.351 e. The quantitative estimate of drug-likeness (QED) is 0.694. The van der Waals surface area contributed by atoms with Crippen molar-refractivity contribution in [2.75, 3.05) is 25.0 Å². The lowest BCUT2D eigenvalue weighted by molar-refractivity contribution is -0.904. The summed E-state index contributed by atoms with van der Waals surface area (Å²) in [4.78, 5) is 24.8. The van der Waals surface area contributed by atoms with E-state index in [-0.39, 0.29) is 17.9 Å². The van der Waals surface area contributed by atoms with Gasteiger partial charge in [0, 0.05) is 17.3 Å². The first-order valence-electron chi connectivity index (χ1n) is 7.15. The van der Waals surface area contributed by atoms with E-state index in [1.165, 1.54) is 0 Å². The predicted octanol–water partition coefficient (Wildman–Crippen LogP) is 0.708. The number of rotatable bonds is 7. The molecule has 0 saturated carbocycles. The first-order valence-corrected chi connectivity index (χ1v) is 7.53. The van der Waals surface area contributed by atoms with Gasteiger partial charge in [0.15, 0.2) is 12.6 Å². The first-order chi connectivity index (χ1) is 9.97. The molecule has 0 radical (unpaired) electrons. The molecule has 0 aliphatic rings. The Balaban J connectivity index is 2.62. The molecule has 0 aromatic heterocycles. The number of carbonyl (C=O) groups excluding carboxylic acids is 2. The van der Waals surface area contributed by atoms with E-state index in [4.69, 9.17) is 11.6 Å². The summed E-state index contributed by atoms with van der Waals surface area (Å²) in [6.07, 6.45) is 0. The Kier molecular flexibility index (Phi) is 7.19. The van der Waals surface area contributed by atoms with Gasteiger partial charge in [0.1, 0.15) is 0 Å². The number of amides is 2. The average Bonchev–Trinajstić information content (AvgIpc) is 2.46. The minimum atomic E-state index is -0.312. The van der Waals surface area contributed by atoms with Gasteiger partial charge >= 0.3 is 0 Å². The molecule has 6 heteroatoms. The highest BCUT2D eigenvalue weighted by atomic mass is 35.5. The largest absolute Gasteiger partial charge is 0.351 e. The molecule has 0 aliphatic carbocycles. The Hall–Kier alpha value is -1.59. The maximum atomic E-state index is 12.2. The molecule has 0 aliphatic heterocycles. The van der Waals surface area contributed by atoms with Crippen LogP contribution in [0.25, 0.3) is 0 Å². The Morgan fingerprint density at radius 1 is 1.24 bits per heavy atom. The second-order valence-corrected chi connectivity index (χ2v) is 5.30. The van der Waals surface area contributed by atoms with Gasteiger partial charge in [-0.15, -0.1) is 0 Å². The molecule has 5 nitrogen and oxygen atoms in total.